The molecule has 7 nitrogen and oxygen atoms in total. The maximum Gasteiger partial charge on any atom is 0.293 e. The zero-order chi connectivity index (χ0) is 18.0. The summed E-state index contributed by atoms with van der Waals surface area (Å²) in [5.74, 6) is -0.407. The zero-order valence-electron chi connectivity index (χ0n) is 13.2. The van der Waals surface area contributed by atoms with Gasteiger partial charge in [0.1, 0.15) is 17.4 Å². The van der Waals surface area contributed by atoms with Crippen molar-refractivity contribution in [2.75, 3.05) is 5.32 Å². The molecule has 0 spiro atoms. The second-order valence-electron chi connectivity index (χ2n) is 5.39. The Balaban J connectivity index is 2.17. The topological polar surface area (TPSA) is 97.3 Å². The van der Waals surface area contributed by atoms with Gasteiger partial charge in [0.2, 0.25) is 0 Å². The Labute approximate surface area is 141 Å². The molecule has 0 aliphatic heterocycles. The molecule has 1 aromatic heterocycles. The van der Waals surface area contributed by atoms with Gasteiger partial charge in [0.05, 0.1) is 4.92 Å². The fourth-order valence-corrected chi connectivity index (χ4v) is 2.72. The number of nitro benzene ring substituents is 1. The van der Waals surface area contributed by atoms with Gasteiger partial charge in [0.25, 0.3) is 12.2 Å². The predicted octanol–water partition coefficient (Wildman–Crippen LogP) is 4.19. The minimum atomic E-state index is -0.610. The lowest BCUT2D eigenvalue weighted by Crippen LogP contribution is -2.00. The first-order valence-electron chi connectivity index (χ1n) is 7.41. The molecule has 3 rings (SSSR count). The van der Waals surface area contributed by atoms with Gasteiger partial charge in [-0.1, -0.05) is 6.07 Å². The summed E-state index contributed by atoms with van der Waals surface area (Å²) in [5.41, 5.74) is 1.78. The van der Waals surface area contributed by atoms with Gasteiger partial charge < -0.3 is 15.0 Å². The van der Waals surface area contributed by atoms with Crippen LogP contribution in [0.25, 0.3) is 10.9 Å². The van der Waals surface area contributed by atoms with Crippen LogP contribution in [-0.2, 0) is 9.53 Å². The van der Waals surface area contributed by atoms with Crippen LogP contribution < -0.4 is 5.32 Å². The van der Waals surface area contributed by atoms with E-state index in [0.717, 1.165) is 0 Å². The van der Waals surface area contributed by atoms with Gasteiger partial charge in [-0.15, -0.1) is 0 Å². The summed E-state index contributed by atoms with van der Waals surface area (Å²) in [4.78, 5) is 24.3. The van der Waals surface area contributed by atoms with Crippen LogP contribution in [0.3, 0.4) is 0 Å². The zero-order valence-corrected chi connectivity index (χ0v) is 13.2. The molecule has 1 heterocycles. The molecule has 0 fully saturated rings. The van der Waals surface area contributed by atoms with Gasteiger partial charge in [-0.05, 0) is 31.2 Å². The lowest BCUT2D eigenvalue weighted by Gasteiger charge is -2.13. The minimum Gasteiger partial charge on any atom is -0.460 e. The summed E-state index contributed by atoms with van der Waals surface area (Å²) in [5, 5.41) is 14.8. The molecule has 1 atom stereocenters. The monoisotopic (exact) mass is 343 g/mol. The van der Waals surface area contributed by atoms with E-state index in [1.165, 1.54) is 24.3 Å². The molecule has 25 heavy (non-hydrogen) atoms. The van der Waals surface area contributed by atoms with E-state index >= 15 is 0 Å². The van der Waals surface area contributed by atoms with E-state index in [2.05, 4.69) is 10.3 Å². The largest absolute Gasteiger partial charge is 0.460 e. The van der Waals surface area contributed by atoms with Crippen LogP contribution in [-0.4, -0.2) is 16.4 Å². The van der Waals surface area contributed by atoms with Crippen molar-refractivity contribution in [3.63, 3.8) is 0 Å². The number of rotatable bonds is 6. The van der Waals surface area contributed by atoms with E-state index < -0.39 is 16.8 Å². The Morgan fingerprint density at radius 1 is 1.36 bits per heavy atom. The summed E-state index contributed by atoms with van der Waals surface area (Å²) in [6.07, 6.45) is 0.948. The number of halogens is 1. The fraction of sp³-hybridized carbons (Fsp3) is 0.118. The average molecular weight is 343 g/mol. The minimum absolute atomic E-state index is 0.107. The maximum atomic E-state index is 13.4. The second-order valence-corrected chi connectivity index (χ2v) is 5.39. The number of fused-ring (bicyclic) bond motifs is 1. The number of H-pyrrole nitrogens is 1. The van der Waals surface area contributed by atoms with Gasteiger partial charge in [0.15, 0.2) is 0 Å². The number of non-ortho nitro benzene ring substituents is 1. The molecule has 0 radical (unpaired) electrons. The lowest BCUT2D eigenvalue weighted by atomic mass is 10.1. The maximum absolute atomic E-state index is 13.4. The van der Waals surface area contributed by atoms with Crippen molar-refractivity contribution in [1.29, 1.82) is 0 Å². The van der Waals surface area contributed by atoms with Crippen molar-refractivity contribution < 1.29 is 18.8 Å². The molecular formula is C17H14FN3O4. The highest BCUT2D eigenvalue weighted by molar-refractivity contribution is 6.01. The molecule has 0 bridgehead atoms. The van der Waals surface area contributed by atoms with Crippen LogP contribution in [0.2, 0.25) is 0 Å². The van der Waals surface area contributed by atoms with Gasteiger partial charge in [-0.3, -0.25) is 14.9 Å². The van der Waals surface area contributed by atoms with E-state index in [1.54, 1.807) is 25.3 Å². The number of carbonyl (C=O) groups is 1. The molecule has 128 valence electrons. The normalized spacial score (nSPS) is 11.9. The molecule has 0 amide bonds. The quantitative estimate of drug-likeness (QED) is 0.397. The van der Waals surface area contributed by atoms with Crippen molar-refractivity contribution in [2.24, 2.45) is 0 Å². The molecular weight excluding hydrogens is 329 g/mol. The van der Waals surface area contributed by atoms with Crippen LogP contribution >= 0.6 is 0 Å². The van der Waals surface area contributed by atoms with E-state index in [0.29, 0.717) is 34.3 Å². The number of carbonyl (C=O) groups excluding carboxylic acids is 1. The van der Waals surface area contributed by atoms with Crippen LogP contribution in [0.4, 0.5) is 21.5 Å². The molecule has 0 aliphatic carbocycles. The number of nitrogens with one attached hydrogen (secondary N) is 2. The Morgan fingerprint density at radius 2 is 2.16 bits per heavy atom. The highest BCUT2D eigenvalue weighted by Gasteiger charge is 2.22. The Kier molecular flexibility index (Phi) is 4.34. The van der Waals surface area contributed by atoms with Gasteiger partial charge >= 0.3 is 0 Å². The van der Waals surface area contributed by atoms with E-state index in [1.807, 2.05) is 0 Å². The van der Waals surface area contributed by atoms with Crippen molar-refractivity contribution in [2.45, 2.75) is 13.0 Å². The predicted molar refractivity (Wildman–Crippen MR) is 90.2 cm³/mol. The fourth-order valence-electron chi connectivity index (χ4n) is 2.72. The van der Waals surface area contributed by atoms with Crippen LogP contribution in [0.1, 0.15) is 18.6 Å². The van der Waals surface area contributed by atoms with Gasteiger partial charge in [-0.2, -0.15) is 0 Å². The van der Waals surface area contributed by atoms with Gasteiger partial charge in [0, 0.05) is 34.6 Å². The first-order chi connectivity index (χ1) is 12.0. The summed E-state index contributed by atoms with van der Waals surface area (Å²) in [7, 11) is 0. The van der Waals surface area contributed by atoms with Crippen LogP contribution in [0.5, 0.6) is 0 Å². The number of hydrogen-bond donors (Lipinski definition) is 2. The highest BCUT2D eigenvalue weighted by atomic mass is 19.1. The molecule has 2 N–H and O–H groups in total. The summed E-state index contributed by atoms with van der Waals surface area (Å²) in [6, 6.07) is 8.75. The van der Waals surface area contributed by atoms with Gasteiger partial charge in [-0.25, -0.2) is 4.39 Å². The van der Waals surface area contributed by atoms with Crippen LogP contribution in [0.15, 0.2) is 42.6 Å². The molecule has 0 saturated carbocycles. The molecule has 1 unspecified atom stereocenters. The number of hydrogen-bond acceptors (Lipinski definition) is 5. The van der Waals surface area contributed by atoms with E-state index in [9.17, 15) is 19.3 Å². The average Bonchev–Trinajstić information content (AvgIpc) is 3.00. The third-order valence-electron chi connectivity index (χ3n) is 3.84. The number of nitro groups is 1. The SMILES string of the molecule is CC(OC=O)c1c[nH]c2c([N+](=O)[O-])ccc(Nc3cccc(F)c3)c12. The number of aromatic amines is 1. The number of benzene rings is 2. The number of ether oxygens (including phenoxy) is 1. The smallest absolute Gasteiger partial charge is 0.293 e. The summed E-state index contributed by atoms with van der Waals surface area (Å²) >= 11 is 0. The Bertz CT molecular complexity index is 954. The first kappa shape index (κ1) is 16.4. The molecule has 3 aromatic rings. The first-order valence-corrected chi connectivity index (χ1v) is 7.41. The number of aromatic nitrogens is 1. The number of anilines is 2. The highest BCUT2D eigenvalue weighted by Crippen LogP contribution is 2.38. The summed E-state index contributed by atoms with van der Waals surface area (Å²) in [6.45, 7) is 1.97. The Morgan fingerprint density at radius 3 is 2.84 bits per heavy atom. The lowest BCUT2D eigenvalue weighted by molar-refractivity contribution is -0.383. The molecule has 8 heteroatoms. The van der Waals surface area contributed by atoms with Crippen molar-refractivity contribution >= 4 is 34.4 Å². The number of nitrogens with zero attached hydrogens (tertiary/aromatic N) is 1. The third kappa shape index (κ3) is 3.14. The molecule has 0 aliphatic rings. The summed E-state index contributed by atoms with van der Waals surface area (Å²) < 4.78 is 18.4. The molecule has 0 saturated heterocycles. The standard InChI is InChI=1S/C17H14FN3O4/c1-10(25-9-22)13-8-19-17-15(21(23)24)6-5-14(16(13)17)20-12-4-2-3-11(18)7-12/h2-10,19-20H,1H3. The van der Waals surface area contributed by atoms with Crippen molar-refractivity contribution in [3.8, 4) is 0 Å². The Hall–Kier alpha value is -3.42. The van der Waals surface area contributed by atoms with E-state index in [4.69, 9.17) is 4.74 Å². The van der Waals surface area contributed by atoms with Crippen LogP contribution in [0, 0.1) is 15.9 Å². The van der Waals surface area contributed by atoms with Crippen molar-refractivity contribution in [1.82, 2.24) is 4.98 Å². The second kappa shape index (κ2) is 6.60. The van der Waals surface area contributed by atoms with E-state index in [-0.39, 0.29) is 5.69 Å². The van der Waals surface area contributed by atoms with Crippen molar-refractivity contribution in [3.05, 3.63) is 64.1 Å². The third-order valence-corrected chi connectivity index (χ3v) is 3.84. The molecule has 2 aromatic carbocycles.